The molecule has 0 radical (unpaired) electrons. The first-order valence-electron chi connectivity index (χ1n) is 6.72. The van der Waals surface area contributed by atoms with Crippen LogP contribution in [-0.2, 0) is 11.4 Å². The molecule has 1 unspecified atom stereocenters. The van der Waals surface area contributed by atoms with Crippen molar-refractivity contribution in [3.8, 4) is 0 Å². The molecule has 1 rings (SSSR count). The molecule has 1 atom stereocenters. The molecule has 0 spiro atoms. The van der Waals surface area contributed by atoms with Gasteiger partial charge >= 0.3 is 0 Å². The van der Waals surface area contributed by atoms with Crippen LogP contribution in [0.25, 0.3) is 0 Å². The van der Waals surface area contributed by atoms with Gasteiger partial charge in [0.05, 0.1) is 12.1 Å². The van der Waals surface area contributed by atoms with Crippen LogP contribution in [-0.4, -0.2) is 17.6 Å². The summed E-state index contributed by atoms with van der Waals surface area (Å²) in [4.78, 5) is 5.89. The van der Waals surface area contributed by atoms with E-state index in [4.69, 9.17) is 4.84 Å². The van der Waals surface area contributed by atoms with Crippen LogP contribution < -0.4 is 0 Å². The number of hydrogen-bond donors (Lipinski definition) is 0. The van der Waals surface area contributed by atoms with Crippen LogP contribution in [0.2, 0.25) is 0 Å². The molecule has 0 saturated heterocycles. The van der Waals surface area contributed by atoms with E-state index in [9.17, 15) is 0 Å². The number of nitrogens with zero attached hydrogens (tertiary/aromatic N) is 1. The van der Waals surface area contributed by atoms with E-state index in [-0.39, 0.29) is 5.54 Å². The lowest BCUT2D eigenvalue weighted by atomic mass is 9.91. The third-order valence-electron chi connectivity index (χ3n) is 3.57. The Balaban J connectivity index is 2.62. The number of likely N-dealkylation sites (N-methyl/N-ethyl adjacent to an activating group) is 1. The van der Waals surface area contributed by atoms with Crippen LogP contribution in [0.3, 0.4) is 0 Å². The van der Waals surface area contributed by atoms with Crippen molar-refractivity contribution < 1.29 is 4.84 Å². The van der Waals surface area contributed by atoms with Gasteiger partial charge in [-0.25, -0.2) is 0 Å². The van der Waals surface area contributed by atoms with Crippen LogP contribution >= 0.6 is 0 Å². The minimum atomic E-state index is -0.0521. The minimum absolute atomic E-state index is 0.0521. The molecule has 2 nitrogen and oxygen atoms in total. The molecule has 0 heterocycles. The van der Waals surface area contributed by atoms with Gasteiger partial charge in [0.2, 0.25) is 0 Å². The highest BCUT2D eigenvalue weighted by Gasteiger charge is 2.29. The Morgan fingerprint density at radius 2 is 1.94 bits per heavy atom. The summed E-state index contributed by atoms with van der Waals surface area (Å²) in [5.41, 5.74) is 1.14. The highest BCUT2D eigenvalue weighted by molar-refractivity contribution is 5.13. The Hall–Kier alpha value is -1.12. The molecule has 1 aromatic carbocycles. The van der Waals surface area contributed by atoms with Gasteiger partial charge in [-0.3, -0.25) is 4.84 Å². The third-order valence-corrected chi connectivity index (χ3v) is 3.57. The summed E-state index contributed by atoms with van der Waals surface area (Å²) in [5.74, 6) is 0. The number of hydroxylamine groups is 2. The van der Waals surface area contributed by atoms with Gasteiger partial charge in [-0.2, -0.15) is 5.06 Å². The van der Waals surface area contributed by atoms with Crippen LogP contribution in [0.15, 0.2) is 43.0 Å². The van der Waals surface area contributed by atoms with Gasteiger partial charge in [-0.15, -0.1) is 6.58 Å². The second-order valence-electron chi connectivity index (χ2n) is 4.67. The van der Waals surface area contributed by atoms with Crippen molar-refractivity contribution in [2.45, 2.75) is 45.3 Å². The van der Waals surface area contributed by atoms with Gasteiger partial charge in [-0.05, 0) is 18.4 Å². The van der Waals surface area contributed by atoms with E-state index in [1.807, 2.05) is 36.4 Å². The van der Waals surface area contributed by atoms with E-state index in [1.54, 1.807) is 0 Å². The Morgan fingerprint density at radius 1 is 1.28 bits per heavy atom. The molecule has 0 bridgehead atoms. The topological polar surface area (TPSA) is 12.5 Å². The molecular formula is C16H25NO. The normalized spacial score (nSPS) is 14.4. The molecule has 0 aliphatic carbocycles. The molecule has 0 aromatic heterocycles. The Labute approximate surface area is 111 Å². The maximum Gasteiger partial charge on any atom is 0.0936 e. The largest absolute Gasteiger partial charge is 0.294 e. The smallest absolute Gasteiger partial charge is 0.0936 e. The Bertz CT molecular complexity index is 349. The van der Waals surface area contributed by atoms with E-state index >= 15 is 0 Å². The van der Waals surface area contributed by atoms with Crippen molar-refractivity contribution in [3.05, 3.63) is 48.6 Å². The summed E-state index contributed by atoms with van der Waals surface area (Å²) in [6.45, 7) is 8.96. The van der Waals surface area contributed by atoms with Gasteiger partial charge in [-0.1, -0.05) is 56.7 Å². The fourth-order valence-corrected chi connectivity index (χ4v) is 2.24. The lowest BCUT2D eigenvalue weighted by Crippen LogP contribution is -2.44. The van der Waals surface area contributed by atoms with Gasteiger partial charge in [0.1, 0.15) is 0 Å². The lowest BCUT2D eigenvalue weighted by molar-refractivity contribution is -0.204. The average Bonchev–Trinajstić information content (AvgIpc) is 2.43. The standard InChI is InChI=1S/C16H25NO/c1-5-13-16(6-2,7-3)17(4)18-14-15-11-9-8-10-12-15/h6,8-12H,2,5,7,13-14H2,1,3-4H3. The van der Waals surface area contributed by atoms with E-state index in [1.165, 1.54) is 5.56 Å². The lowest BCUT2D eigenvalue weighted by Gasteiger charge is -2.37. The van der Waals surface area contributed by atoms with E-state index in [0.717, 1.165) is 19.3 Å². The minimum Gasteiger partial charge on any atom is -0.294 e. The fraction of sp³-hybridized carbons (Fsp3) is 0.500. The number of benzene rings is 1. The van der Waals surface area contributed by atoms with Gasteiger partial charge in [0.15, 0.2) is 0 Å². The molecule has 0 N–H and O–H groups in total. The fourth-order valence-electron chi connectivity index (χ4n) is 2.24. The van der Waals surface area contributed by atoms with Crippen molar-refractivity contribution in [1.82, 2.24) is 5.06 Å². The summed E-state index contributed by atoms with van der Waals surface area (Å²) in [6, 6.07) is 10.2. The van der Waals surface area contributed by atoms with Crippen molar-refractivity contribution in [3.63, 3.8) is 0 Å². The highest BCUT2D eigenvalue weighted by Crippen LogP contribution is 2.26. The summed E-state index contributed by atoms with van der Waals surface area (Å²) < 4.78 is 0. The van der Waals surface area contributed by atoms with Crippen molar-refractivity contribution in [2.24, 2.45) is 0 Å². The zero-order chi connectivity index (χ0) is 13.4. The Morgan fingerprint density at radius 3 is 2.44 bits per heavy atom. The zero-order valence-corrected chi connectivity index (χ0v) is 11.9. The summed E-state index contributed by atoms with van der Waals surface area (Å²) >= 11 is 0. The van der Waals surface area contributed by atoms with Gasteiger partial charge < -0.3 is 0 Å². The van der Waals surface area contributed by atoms with Crippen LogP contribution in [0.4, 0.5) is 0 Å². The first kappa shape index (κ1) is 14.9. The second-order valence-corrected chi connectivity index (χ2v) is 4.67. The van der Waals surface area contributed by atoms with E-state index < -0.39 is 0 Å². The van der Waals surface area contributed by atoms with Gasteiger partial charge in [0, 0.05) is 7.05 Å². The van der Waals surface area contributed by atoms with Crippen molar-refractivity contribution >= 4 is 0 Å². The SMILES string of the molecule is C=CC(CC)(CCC)N(C)OCc1ccccc1. The average molecular weight is 247 g/mol. The molecule has 0 aliphatic heterocycles. The Kier molecular flexibility index (Phi) is 6.10. The zero-order valence-electron chi connectivity index (χ0n) is 11.9. The van der Waals surface area contributed by atoms with Gasteiger partial charge in [0.25, 0.3) is 0 Å². The van der Waals surface area contributed by atoms with Crippen LogP contribution in [0, 0.1) is 0 Å². The number of rotatable bonds is 8. The van der Waals surface area contributed by atoms with Crippen LogP contribution in [0.1, 0.15) is 38.7 Å². The number of hydrogen-bond acceptors (Lipinski definition) is 2. The quantitative estimate of drug-likeness (QED) is 0.504. The van der Waals surface area contributed by atoms with Crippen molar-refractivity contribution in [2.75, 3.05) is 7.05 Å². The molecule has 100 valence electrons. The molecule has 0 saturated carbocycles. The van der Waals surface area contributed by atoms with Crippen molar-refractivity contribution in [1.29, 1.82) is 0 Å². The molecule has 0 amide bonds. The predicted molar refractivity (Wildman–Crippen MR) is 77.1 cm³/mol. The van der Waals surface area contributed by atoms with E-state index in [2.05, 4.69) is 32.6 Å². The first-order valence-corrected chi connectivity index (χ1v) is 6.72. The summed E-state index contributed by atoms with van der Waals surface area (Å²) in [6.07, 6.45) is 5.22. The maximum absolute atomic E-state index is 5.89. The molecule has 0 aliphatic rings. The molecular weight excluding hydrogens is 222 g/mol. The first-order chi connectivity index (χ1) is 8.68. The second kappa shape index (κ2) is 7.34. The van der Waals surface area contributed by atoms with E-state index in [0.29, 0.717) is 6.61 Å². The van der Waals surface area contributed by atoms with Crippen LogP contribution in [0.5, 0.6) is 0 Å². The monoisotopic (exact) mass is 247 g/mol. The maximum atomic E-state index is 5.89. The molecule has 1 aromatic rings. The molecule has 0 fully saturated rings. The summed E-state index contributed by atoms with van der Waals surface area (Å²) in [5, 5.41) is 1.97. The molecule has 18 heavy (non-hydrogen) atoms. The highest BCUT2D eigenvalue weighted by atomic mass is 16.7. The predicted octanol–water partition coefficient (Wildman–Crippen LogP) is 4.18. The third kappa shape index (κ3) is 3.69. The molecule has 2 heteroatoms. The summed E-state index contributed by atoms with van der Waals surface area (Å²) in [7, 11) is 2.00.